The van der Waals surface area contributed by atoms with Gasteiger partial charge in [0, 0.05) is 42.0 Å². The third kappa shape index (κ3) is 6.60. The largest absolute Gasteiger partial charge is 0.208 e. The van der Waals surface area contributed by atoms with E-state index < -0.39 is 0 Å². The second-order valence-corrected chi connectivity index (χ2v) is 18.8. The number of rotatable bonds is 7. The molecule has 4 heteroatoms. The molecule has 0 amide bonds. The molecule has 0 radical (unpaired) electrons. The Morgan fingerprint density at radius 3 is 1.72 bits per heavy atom. The van der Waals surface area contributed by atoms with Gasteiger partial charge in [0.2, 0.25) is 0 Å². The van der Waals surface area contributed by atoms with E-state index in [1.165, 1.54) is 86.6 Å². The minimum Gasteiger partial charge on any atom is -0.208 e. The molecule has 0 saturated carbocycles. The Bertz CT molecular complexity index is 3480. The smallest absolute Gasteiger partial charge is 0.164 e. The first-order chi connectivity index (χ1) is 31.5. The molecule has 3 aliphatic carbocycles. The summed E-state index contributed by atoms with van der Waals surface area (Å²) in [6, 6.07) is 61.7. The fourth-order valence-corrected chi connectivity index (χ4v) is 11.4. The molecule has 2 heterocycles. The molecule has 3 aliphatic rings. The maximum absolute atomic E-state index is 5.29. The second kappa shape index (κ2) is 15.5. The maximum atomic E-state index is 5.29. The molecule has 0 atom stereocenters. The third-order valence-electron chi connectivity index (χ3n) is 13.5. The van der Waals surface area contributed by atoms with Crippen LogP contribution in [-0.2, 0) is 5.41 Å². The molecule has 0 spiro atoms. The van der Waals surface area contributed by atoms with Crippen molar-refractivity contribution in [1.82, 2.24) is 15.0 Å². The van der Waals surface area contributed by atoms with Crippen LogP contribution in [0.15, 0.2) is 182 Å². The first-order valence-corrected chi connectivity index (χ1v) is 23.3. The Balaban J connectivity index is 0.918. The first-order valence-electron chi connectivity index (χ1n) is 22.5. The molecule has 64 heavy (non-hydrogen) atoms. The van der Waals surface area contributed by atoms with E-state index in [-0.39, 0.29) is 5.41 Å². The van der Waals surface area contributed by atoms with E-state index in [0.29, 0.717) is 17.5 Å². The highest BCUT2D eigenvalue weighted by molar-refractivity contribution is 7.17. The molecule has 306 valence electrons. The number of fused-ring (bicyclic) bond motifs is 6. The fourth-order valence-electron chi connectivity index (χ4n) is 10.2. The molecule has 9 aromatic rings. The molecule has 2 aromatic heterocycles. The SMILES string of the molecule is CC1(C)c2ccccc2-c2cc(C3=CCCC=C3c3nc(-c4ccccc4)nc(-c4ccc(C5=c6c(sc7ccc(-c8ccc(-c9ccccc9)cc8)cc67)=CCC5)cc4)n3)ccc21. The van der Waals surface area contributed by atoms with Gasteiger partial charge >= 0.3 is 0 Å². The van der Waals surface area contributed by atoms with E-state index >= 15 is 0 Å². The maximum Gasteiger partial charge on any atom is 0.164 e. The van der Waals surface area contributed by atoms with Crippen LogP contribution in [0.3, 0.4) is 0 Å². The van der Waals surface area contributed by atoms with Crippen LogP contribution in [0.25, 0.3) is 89.0 Å². The number of benzene rings is 7. The zero-order valence-corrected chi connectivity index (χ0v) is 36.8. The molecule has 0 N–H and O–H groups in total. The van der Waals surface area contributed by atoms with Crippen molar-refractivity contribution >= 4 is 44.2 Å². The van der Waals surface area contributed by atoms with Gasteiger partial charge in [-0.3, -0.25) is 0 Å². The van der Waals surface area contributed by atoms with E-state index in [4.69, 9.17) is 15.0 Å². The predicted molar refractivity (Wildman–Crippen MR) is 268 cm³/mol. The van der Waals surface area contributed by atoms with Crippen LogP contribution >= 0.6 is 11.3 Å². The molecule has 0 saturated heterocycles. The summed E-state index contributed by atoms with van der Waals surface area (Å²) in [5, 5.41) is 2.70. The zero-order chi connectivity index (χ0) is 42.8. The van der Waals surface area contributed by atoms with Gasteiger partial charge in [0.15, 0.2) is 17.5 Å². The van der Waals surface area contributed by atoms with Crippen LogP contribution in [0.2, 0.25) is 0 Å². The molecule has 3 nitrogen and oxygen atoms in total. The number of nitrogens with zero attached hydrogens (tertiary/aromatic N) is 3. The molecule has 0 unspecified atom stereocenters. The Morgan fingerprint density at radius 2 is 0.969 bits per heavy atom. The number of hydrogen-bond acceptors (Lipinski definition) is 4. The topological polar surface area (TPSA) is 38.7 Å². The van der Waals surface area contributed by atoms with Crippen LogP contribution in [0.1, 0.15) is 67.6 Å². The molecular weight excluding hydrogens is 795 g/mol. The second-order valence-electron chi connectivity index (χ2n) is 17.7. The normalized spacial score (nSPS) is 14.9. The molecule has 0 aliphatic heterocycles. The van der Waals surface area contributed by atoms with Gasteiger partial charge in [0.1, 0.15) is 0 Å². The third-order valence-corrected chi connectivity index (χ3v) is 14.7. The van der Waals surface area contributed by atoms with Gasteiger partial charge in [0.05, 0.1) is 0 Å². The molecule has 0 bridgehead atoms. The van der Waals surface area contributed by atoms with E-state index in [9.17, 15) is 0 Å². The molecule has 7 aromatic carbocycles. The van der Waals surface area contributed by atoms with Gasteiger partial charge in [0.25, 0.3) is 0 Å². The standard InChI is InChI=1S/C60H45N3S/c1-60(2)52-22-12-11-19-48(52)50-37-45(32-34-53(50)60)46-18-9-10-20-49(46)59-62-57(42-16-7-4-8-17-42)61-58(63-59)43-30-28-41(29-31-43)47-21-13-23-55-56(47)51-36-44(33-35-54(51)64-55)40-26-24-39(25-27-40)38-14-5-3-6-15-38/h3-8,11-12,14-20,22-37H,9-10,13,21H2,1-2H3. The summed E-state index contributed by atoms with van der Waals surface area (Å²) in [6.45, 7) is 4.67. The fraction of sp³-hybridized carbons (Fsp3) is 0.117. The number of thiophene rings is 1. The van der Waals surface area contributed by atoms with Crippen LogP contribution in [0.5, 0.6) is 0 Å². The van der Waals surface area contributed by atoms with Crippen molar-refractivity contribution in [2.75, 3.05) is 0 Å². The summed E-state index contributed by atoms with van der Waals surface area (Å²) in [4.78, 5) is 15.6. The van der Waals surface area contributed by atoms with Gasteiger partial charge in [-0.2, -0.15) is 0 Å². The van der Waals surface area contributed by atoms with Gasteiger partial charge < -0.3 is 0 Å². The lowest BCUT2D eigenvalue weighted by Gasteiger charge is -2.22. The summed E-state index contributed by atoms with van der Waals surface area (Å²) in [5.74, 6) is 2.06. The van der Waals surface area contributed by atoms with Crippen LogP contribution in [-0.4, -0.2) is 15.0 Å². The van der Waals surface area contributed by atoms with Crippen molar-refractivity contribution in [3.63, 3.8) is 0 Å². The number of hydrogen-bond donors (Lipinski definition) is 0. The van der Waals surface area contributed by atoms with E-state index in [1.807, 2.05) is 29.5 Å². The summed E-state index contributed by atoms with van der Waals surface area (Å²) < 4.78 is 2.69. The van der Waals surface area contributed by atoms with Gasteiger partial charge in [-0.15, -0.1) is 11.3 Å². The van der Waals surface area contributed by atoms with Crippen molar-refractivity contribution in [3.8, 4) is 56.2 Å². The molecular formula is C60H45N3S. The van der Waals surface area contributed by atoms with Crippen LogP contribution < -0.4 is 9.75 Å². The lowest BCUT2D eigenvalue weighted by atomic mass is 9.81. The van der Waals surface area contributed by atoms with Crippen molar-refractivity contribution in [1.29, 1.82) is 0 Å². The monoisotopic (exact) mass is 839 g/mol. The van der Waals surface area contributed by atoms with Crippen molar-refractivity contribution in [2.45, 2.75) is 44.9 Å². The molecule has 12 rings (SSSR count). The van der Waals surface area contributed by atoms with Gasteiger partial charge in [-0.05, 0) is 111 Å². The lowest BCUT2D eigenvalue weighted by molar-refractivity contribution is 0.660. The minimum atomic E-state index is -0.0405. The Kier molecular flexibility index (Phi) is 9.31. The Morgan fingerprint density at radius 1 is 0.422 bits per heavy atom. The Hall–Kier alpha value is -7.27. The zero-order valence-electron chi connectivity index (χ0n) is 36.0. The van der Waals surface area contributed by atoms with E-state index in [2.05, 4.69) is 184 Å². The lowest BCUT2D eigenvalue weighted by Crippen LogP contribution is -2.25. The number of allylic oxidation sites excluding steroid dienone is 4. The van der Waals surface area contributed by atoms with Gasteiger partial charge in [-0.1, -0.05) is 184 Å². The van der Waals surface area contributed by atoms with E-state index in [1.54, 1.807) is 0 Å². The minimum absolute atomic E-state index is 0.0405. The summed E-state index contributed by atoms with van der Waals surface area (Å²) in [7, 11) is 0. The molecule has 0 fully saturated rings. The first kappa shape index (κ1) is 38.4. The summed E-state index contributed by atoms with van der Waals surface area (Å²) >= 11 is 1.90. The predicted octanol–water partition coefficient (Wildman–Crippen LogP) is 14.1. The number of aromatic nitrogens is 3. The summed E-state index contributed by atoms with van der Waals surface area (Å²) in [6.07, 6.45) is 11.1. The van der Waals surface area contributed by atoms with Crippen LogP contribution in [0, 0.1) is 0 Å². The quantitative estimate of drug-likeness (QED) is 0.160. The van der Waals surface area contributed by atoms with Gasteiger partial charge in [-0.25, -0.2) is 15.0 Å². The van der Waals surface area contributed by atoms with Crippen molar-refractivity contribution in [2.24, 2.45) is 0 Å². The van der Waals surface area contributed by atoms with E-state index in [0.717, 1.165) is 42.4 Å². The van der Waals surface area contributed by atoms with Crippen molar-refractivity contribution < 1.29 is 0 Å². The highest BCUT2D eigenvalue weighted by Gasteiger charge is 2.35. The Labute approximate surface area is 378 Å². The average molecular weight is 840 g/mol. The van der Waals surface area contributed by atoms with Crippen molar-refractivity contribution in [3.05, 3.63) is 220 Å². The highest BCUT2D eigenvalue weighted by Crippen LogP contribution is 2.50. The van der Waals surface area contributed by atoms with Crippen LogP contribution in [0.4, 0.5) is 0 Å². The average Bonchev–Trinajstić information content (AvgIpc) is 3.85. The highest BCUT2D eigenvalue weighted by atomic mass is 32.1. The summed E-state index contributed by atoms with van der Waals surface area (Å²) in [5.41, 5.74) is 18.3.